The molecule has 0 spiro atoms. The number of fused-ring (bicyclic) bond motifs is 1. The summed E-state index contributed by atoms with van der Waals surface area (Å²) in [5, 5.41) is 6.67. The highest BCUT2D eigenvalue weighted by atomic mass is 16.5. The highest BCUT2D eigenvalue weighted by Crippen LogP contribution is 2.19. The number of benzene rings is 1. The highest BCUT2D eigenvalue weighted by Gasteiger charge is 2.15. The number of guanidine groups is 1. The van der Waals surface area contributed by atoms with Gasteiger partial charge in [0.25, 0.3) is 0 Å². The summed E-state index contributed by atoms with van der Waals surface area (Å²) in [7, 11) is 0. The zero-order chi connectivity index (χ0) is 12.2. The lowest BCUT2D eigenvalue weighted by Crippen LogP contribution is -2.40. The average molecular weight is 245 g/mol. The van der Waals surface area contributed by atoms with E-state index < -0.39 is 0 Å². The van der Waals surface area contributed by atoms with E-state index in [9.17, 15) is 0 Å². The van der Waals surface area contributed by atoms with Crippen LogP contribution in [0.1, 0.15) is 24.8 Å². The summed E-state index contributed by atoms with van der Waals surface area (Å²) in [4.78, 5) is 4.49. The van der Waals surface area contributed by atoms with Gasteiger partial charge in [0.1, 0.15) is 0 Å². The summed E-state index contributed by atoms with van der Waals surface area (Å²) in [6, 6.07) is 8.28. The lowest BCUT2D eigenvalue weighted by atomic mass is 10.1. The standard InChI is InChI=1S/C14H19N3O/c1-2-7-13-11(5-1)9-15-14(17-13)16-10-12-6-3-4-8-18-12/h1-2,5,7,12H,3-4,6,8-10H2,(H2,15,16,17). The maximum Gasteiger partial charge on any atom is 0.196 e. The Morgan fingerprint density at radius 1 is 1.33 bits per heavy atom. The largest absolute Gasteiger partial charge is 0.376 e. The monoisotopic (exact) mass is 245 g/mol. The van der Waals surface area contributed by atoms with Gasteiger partial charge in [0.05, 0.1) is 12.6 Å². The molecular weight excluding hydrogens is 226 g/mol. The van der Waals surface area contributed by atoms with Crippen molar-refractivity contribution in [2.24, 2.45) is 4.99 Å². The predicted molar refractivity (Wildman–Crippen MR) is 72.8 cm³/mol. The molecule has 0 saturated carbocycles. The molecule has 2 aliphatic heterocycles. The lowest BCUT2D eigenvalue weighted by molar-refractivity contribution is 0.0195. The molecule has 1 fully saturated rings. The molecular formula is C14H19N3O. The molecule has 0 radical (unpaired) electrons. The van der Waals surface area contributed by atoms with Crippen LogP contribution in [0.4, 0.5) is 5.69 Å². The van der Waals surface area contributed by atoms with Crippen molar-refractivity contribution in [1.82, 2.24) is 5.32 Å². The Bertz CT molecular complexity index is 438. The number of nitrogens with zero attached hydrogens (tertiary/aromatic N) is 1. The molecule has 3 rings (SSSR count). The number of para-hydroxylation sites is 1. The van der Waals surface area contributed by atoms with Gasteiger partial charge in [0, 0.05) is 18.8 Å². The van der Waals surface area contributed by atoms with Crippen molar-refractivity contribution in [2.45, 2.75) is 31.9 Å². The van der Waals surface area contributed by atoms with E-state index in [4.69, 9.17) is 4.74 Å². The molecule has 1 aromatic rings. The zero-order valence-corrected chi connectivity index (χ0v) is 10.5. The SMILES string of the molecule is c1ccc2c(c1)CN=C(NCC1CCCCO1)N2. The third-order valence-corrected chi connectivity index (χ3v) is 3.45. The molecule has 1 unspecified atom stereocenters. The molecule has 4 heteroatoms. The number of nitrogens with one attached hydrogen (secondary N) is 2. The van der Waals surface area contributed by atoms with Gasteiger partial charge in [0.15, 0.2) is 5.96 Å². The topological polar surface area (TPSA) is 45.7 Å². The Morgan fingerprint density at radius 3 is 3.17 bits per heavy atom. The van der Waals surface area contributed by atoms with E-state index in [0.717, 1.165) is 37.8 Å². The molecule has 2 aliphatic rings. The quantitative estimate of drug-likeness (QED) is 0.839. The number of hydrogen-bond donors (Lipinski definition) is 2. The van der Waals surface area contributed by atoms with Crippen molar-refractivity contribution in [1.29, 1.82) is 0 Å². The van der Waals surface area contributed by atoms with Crippen LogP contribution in [0, 0.1) is 0 Å². The highest BCUT2D eigenvalue weighted by molar-refractivity contribution is 5.95. The second-order valence-electron chi connectivity index (χ2n) is 4.82. The van der Waals surface area contributed by atoms with Crippen molar-refractivity contribution in [3.05, 3.63) is 29.8 Å². The van der Waals surface area contributed by atoms with Gasteiger partial charge in [-0.05, 0) is 30.9 Å². The van der Waals surface area contributed by atoms with Crippen LogP contribution in [-0.2, 0) is 11.3 Å². The van der Waals surface area contributed by atoms with E-state index >= 15 is 0 Å². The molecule has 4 nitrogen and oxygen atoms in total. The summed E-state index contributed by atoms with van der Waals surface area (Å²) >= 11 is 0. The van der Waals surface area contributed by atoms with Crippen molar-refractivity contribution in [3.8, 4) is 0 Å². The van der Waals surface area contributed by atoms with Crippen molar-refractivity contribution in [2.75, 3.05) is 18.5 Å². The Balaban J connectivity index is 1.54. The van der Waals surface area contributed by atoms with Gasteiger partial charge in [-0.2, -0.15) is 0 Å². The van der Waals surface area contributed by atoms with Crippen LogP contribution in [0.15, 0.2) is 29.3 Å². The number of hydrogen-bond acceptors (Lipinski definition) is 4. The van der Waals surface area contributed by atoms with Crippen LogP contribution >= 0.6 is 0 Å². The number of anilines is 1. The second-order valence-corrected chi connectivity index (χ2v) is 4.82. The van der Waals surface area contributed by atoms with Crippen LogP contribution in [0.3, 0.4) is 0 Å². The van der Waals surface area contributed by atoms with Gasteiger partial charge in [-0.15, -0.1) is 0 Å². The van der Waals surface area contributed by atoms with Gasteiger partial charge in [0.2, 0.25) is 0 Å². The Kier molecular flexibility index (Phi) is 3.46. The molecule has 96 valence electrons. The summed E-state index contributed by atoms with van der Waals surface area (Å²) in [6.45, 7) is 2.49. The molecule has 0 amide bonds. The first kappa shape index (κ1) is 11.5. The van der Waals surface area contributed by atoms with Crippen LogP contribution in [0.2, 0.25) is 0 Å². The minimum absolute atomic E-state index is 0.334. The van der Waals surface area contributed by atoms with Gasteiger partial charge in [-0.25, -0.2) is 4.99 Å². The first-order valence-electron chi connectivity index (χ1n) is 6.67. The molecule has 2 heterocycles. The Morgan fingerprint density at radius 2 is 2.28 bits per heavy atom. The maximum absolute atomic E-state index is 5.69. The normalized spacial score (nSPS) is 22.7. The summed E-state index contributed by atoms with van der Waals surface area (Å²) in [5.41, 5.74) is 2.40. The fourth-order valence-electron chi connectivity index (χ4n) is 2.39. The van der Waals surface area contributed by atoms with Crippen molar-refractivity contribution in [3.63, 3.8) is 0 Å². The van der Waals surface area contributed by atoms with Gasteiger partial charge >= 0.3 is 0 Å². The number of aliphatic imine (C=N–C) groups is 1. The van der Waals surface area contributed by atoms with Crippen molar-refractivity contribution < 1.29 is 4.74 Å². The Labute approximate surface area is 107 Å². The summed E-state index contributed by atoms with van der Waals surface area (Å²) in [6.07, 6.45) is 3.95. The van der Waals surface area contributed by atoms with Crippen molar-refractivity contribution >= 4 is 11.6 Å². The minimum atomic E-state index is 0.334. The molecule has 1 saturated heterocycles. The third-order valence-electron chi connectivity index (χ3n) is 3.45. The maximum atomic E-state index is 5.69. The van der Waals surface area contributed by atoms with E-state index in [1.807, 2.05) is 12.1 Å². The predicted octanol–water partition coefficient (Wildman–Crippen LogP) is 2.13. The first-order valence-corrected chi connectivity index (χ1v) is 6.67. The van der Waals surface area contributed by atoms with Gasteiger partial charge < -0.3 is 15.4 Å². The van der Waals surface area contributed by atoms with Crippen LogP contribution in [0.5, 0.6) is 0 Å². The molecule has 0 aromatic heterocycles. The average Bonchev–Trinajstić information content (AvgIpc) is 2.46. The molecule has 0 aliphatic carbocycles. The molecule has 2 N–H and O–H groups in total. The first-order chi connectivity index (χ1) is 8.92. The van der Waals surface area contributed by atoms with Crippen LogP contribution in [0.25, 0.3) is 0 Å². The van der Waals surface area contributed by atoms with E-state index in [2.05, 4.69) is 27.8 Å². The zero-order valence-electron chi connectivity index (χ0n) is 10.5. The lowest BCUT2D eigenvalue weighted by Gasteiger charge is -2.25. The van der Waals surface area contributed by atoms with E-state index in [1.54, 1.807) is 0 Å². The fourth-order valence-corrected chi connectivity index (χ4v) is 2.39. The minimum Gasteiger partial charge on any atom is -0.376 e. The molecule has 18 heavy (non-hydrogen) atoms. The van der Waals surface area contributed by atoms with Gasteiger partial charge in [-0.3, -0.25) is 0 Å². The van der Waals surface area contributed by atoms with E-state index in [-0.39, 0.29) is 0 Å². The summed E-state index contributed by atoms with van der Waals surface area (Å²) < 4.78 is 5.69. The van der Waals surface area contributed by atoms with E-state index in [1.165, 1.54) is 18.4 Å². The molecule has 0 bridgehead atoms. The smallest absolute Gasteiger partial charge is 0.196 e. The van der Waals surface area contributed by atoms with E-state index in [0.29, 0.717) is 6.10 Å². The van der Waals surface area contributed by atoms with Crippen LogP contribution in [-0.4, -0.2) is 25.2 Å². The molecule has 1 aromatic carbocycles. The number of rotatable bonds is 2. The fraction of sp³-hybridized carbons (Fsp3) is 0.500. The summed E-state index contributed by atoms with van der Waals surface area (Å²) in [5.74, 6) is 0.864. The third kappa shape index (κ3) is 2.64. The second kappa shape index (κ2) is 5.40. The van der Waals surface area contributed by atoms with Crippen LogP contribution < -0.4 is 10.6 Å². The Hall–Kier alpha value is -1.55. The van der Waals surface area contributed by atoms with Gasteiger partial charge in [-0.1, -0.05) is 18.2 Å². The molecule has 1 atom stereocenters. The number of ether oxygens (including phenoxy) is 1.